The van der Waals surface area contributed by atoms with Crippen LogP contribution in [0.5, 0.6) is 11.5 Å². The molecule has 0 amide bonds. The maximum atomic E-state index is 12.1. The highest BCUT2D eigenvalue weighted by Crippen LogP contribution is 2.29. The lowest BCUT2D eigenvalue weighted by Gasteiger charge is -2.11. The van der Waals surface area contributed by atoms with Gasteiger partial charge in [-0.05, 0) is 32.0 Å². The van der Waals surface area contributed by atoms with Gasteiger partial charge in [0.15, 0.2) is 11.5 Å². The number of ketones is 1. The molecular weight excluding hydrogens is 264 g/mol. The van der Waals surface area contributed by atoms with Gasteiger partial charge < -0.3 is 9.47 Å². The predicted octanol–water partition coefficient (Wildman–Crippen LogP) is 2.57. The van der Waals surface area contributed by atoms with Crippen molar-refractivity contribution >= 4 is 17.5 Å². The summed E-state index contributed by atoms with van der Waals surface area (Å²) in [5.41, 5.74) is 0.858. The van der Waals surface area contributed by atoms with Crippen LogP contribution < -0.4 is 9.47 Å². The normalized spacial score (nSPS) is 10.2. The fourth-order valence-electron chi connectivity index (χ4n) is 1.60. The van der Waals surface area contributed by atoms with Gasteiger partial charge in [0, 0.05) is 5.56 Å². The minimum absolute atomic E-state index is 0.169. The molecule has 0 aliphatic heterocycles. The van der Waals surface area contributed by atoms with Crippen LogP contribution in [0.3, 0.4) is 0 Å². The summed E-state index contributed by atoms with van der Waals surface area (Å²) in [5, 5.41) is 0. The topological polar surface area (TPSA) is 61.3 Å². The number of rotatable bonds is 6. The van der Waals surface area contributed by atoms with E-state index < -0.39 is 0 Å². The first-order valence-electron chi connectivity index (χ1n) is 5.98. The van der Waals surface area contributed by atoms with E-state index in [0.29, 0.717) is 36.0 Å². The molecule has 0 fully saturated rings. The third-order valence-electron chi connectivity index (χ3n) is 2.40. The highest BCUT2D eigenvalue weighted by atomic mass is 32.1. The molecule has 0 N–H and O–H groups in total. The van der Waals surface area contributed by atoms with Gasteiger partial charge in [-0.1, -0.05) is 0 Å². The van der Waals surface area contributed by atoms with Crippen molar-refractivity contribution in [3.8, 4) is 11.5 Å². The van der Waals surface area contributed by atoms with Crippen LogP contribution in [0, 0.1) is 0 Å². The van der Waals surface area contributed by atoms with Crippen LogP contribution in [0.15, 0.2) is 24.4 Å². The van der Waals surface area contributed by atoms with Gasteiger partial charge in [0.1, 0.15) is 5.69 Å². The number of aromatic nitrogens is 2. The Morgan fingerprint density at radius 2 is 1.95 bits per heavy atom. The molecule has 19 heavy (non-hydrogen) atoms. The van der Waals surface area contributed by atoms with E-state index in [1.54, 1.807) is 18.2 Å². The Labute approximate surface area is 115 Å². The summed E-state index contributed by atoms with van der Waals surface area (Å²) >= 11 is 1.01. The van der Waals surface area contributed by atoms with E-state index in [-0.39, 0.29) is 5.78 Å². The molecule has 1 aromatic heterocycles. The number of benzene rings is 1. The third-order valence-corrected chi connectivity index (χ3v) is 2.88. The summed E-state index contributed by atoms with van der Waals surface area (Å²) in [6.07, 6.45) is 1.46. The second kappa shape index (κ2) is 6.29. The van der Waals surface area contributed by atoms with Crippen molar-refractivity contribution in [2.45, 2.75) is 13.8 Å². The highest BCUT2D eigenvalue weighted by Gasteiger charge is 2.15. The van der Waals surface area contributed by atoms with Crippen LogP contribution in [-0.4, -0.2) is 27.7 Å². The average Bonchev–Trinajstić information content (AvgIpc) is 2.94. The van der Waals surface area contributed by atoms with E-state index in [1.165, 1.54) is 6.20 Å². The lowest BCUT2D eigenvalue weighted by Crippen LogP contribution is -2.04. The molecule has 0 atom stereocenters. The minimum Gasteiger partial charge on any atom is -0.490 e. The molecule has 1 heterocycles. The predicted molar refractivity (Wildman–Crippen MR) is 72.1 cm³/mol. The van der Waals surface area contributed by atoms with Gasteiger partial charge in [0.25, 0.3) is 0 Å². The number of hydrogen-bond acceptors (Lipinski definition) is 6. The van der Waals surface area contributed by atoms with Crippen LogP contribution >= 0.6 is 11.7 Å². The van der Waals surface area contributed by atoms with Gasteiger partial charge in [-0.2, -0.15) is 8.75 Å². The maximum Gasteiger partial charge on any atom is 0.214 e. The SMILES string of the molecule is CCOc1ccc(C(=O)c2cnsn2)cc1OCC. The van der Waals surface area contributed by atoms with Gasteiger partial charge in [-0.15, -0.1) is 0 Å². The first kappa shape index (κ1) is 13.5. The van der Waals surface area contributed by atoms with Gasteiger partial charge in [0.2, 0.25) is 5.78 Å². The Hall–Kier alpha value is -1.95. The molecule has 2 rings (SSSR count). The van der Waals surface area contributed by atoms with Crippen LogP contribution in [-0.2, 0) is 0 Å². The van der Waals surface area contributed by atoms with E-state index in [9.17, 15) is 4.79 Å². The molecular formula is C13H14N2O3S. The van der Waals surface area contributed by atoms with Crippen molar-refractivity contribution in [2.24, 2.45) is 0 Å². The summed E-state index contributed by atoms with van der Waals surface area (Å²) in [7, 11) is 0. The largest absolute Gasteiger partial charge is 0.490 e. The standard InChI is InChI=1S/C13H14N2O3S/c1-3-17-11-6-5-9(7-12(11)18-4-2)13(16)10-8-14-19-15-10/h5-8H,3-4H2,1-2H3. The number of hydrogen-bond donors (Lipinski definition) is 0. The molecule has 0 aliphatic rings. The zero-order chi connectivity index (χ0) is 13.7. The molecule has 100 valence electrons. The molecule has 0 radical (unpaired) electrons. The Kier molecular flexibility index (Phi) is 4.46. The van der Waals surface area contributed by atoms with E-state index >= 15 is 0 Å². The number of carbonyl (C=O) groups excluding carboxylic acids is 1. The van der Waals surface area contributed by atoms with Gasteiger partial charge in [-0.25, -0.2) is 0 Å². The zero-order valence-electron chi connectivity index (χ0n) is 10.8. The fraction of sp³-hybridized carbons (Fsp3) is 0.308. The molecule has 0 unspecified atom stereocenters. The molecule has 1 aromatic carbocycles. The van der Waals surface area contributed by atoms with Crippen LogP contribution in [0.2, 0.25) is 0 Å². The van der Waals surface area contributed by atoms with Crippen LogP contribution in [0.1, 0.15) is 29.9 Å². The van der Waals surface area contributed by atoms with Crippen molar-refractivity contribution in [2.75, 3.05) is 13.2 Å². The smallest absolute Gasteiger partial charge is 0.214 e. The second-order valence-electron chi connectivity index (χ2n) is 3.65. The van der Waals surface area contributed by atoms with Gasteiger partial charge in [-0.3, -0.25) is 4.79 Å². The lowest BCUT2D eigenvalue weighted by molar-refractivity contribution is 0.103. The monoisotopic (exact) mass is 278 g/mol. The van der Waals surface area contributed by atoms with Crippen molar-refractivity contribution in [3.63, 3.8) is 0 Å². The molecule has 0 saturated heterocycles. The summed E-state index contributed by atoms with van der Waals surface area (Å²) < 4.78 is 18.7. The first-order chi connectivity index (χ1) is 9.26. The summed E-state index contributed by atoms with van der Waals surface area (Å²) in [4.78, 5) is 12.1. The van der Waals surface area contributed by atoms with Crippen LogP contribution in [0.4, 0.5) is 0 Å². The zero-order valence-corrected chi connectivity index (χ0v) is 11.6. The molecule has 0 aliphatic carbocycles. The van der Waals surface area contributed by atoms with Crippen molar-refractivity contribution in [1.82, 2.24) is 8.75 Å². The molecule has 0 bridgehead atoms. The van der Waals surface area contributed by atoms with Crippen molar-refractivity contribution in [3.05, 3.63) is 35.7 Å². The molecule has 5 nitrogen and oxygen atoms in total. The number of carbonyl (C=O) groups is 1. The lowest BCUT2D eigenvalue weighted by atomic mass is 10.1. The molecule has 6 heteroatoms. The molecule has 2 aromatic rings. The van der Waals surface area contributed by atoms with Crippen molar-refractivity contribution in [1.29, 1.82) is 0 Å². The number of nitrogens with zero attached hydrogens (tertiary/aromatic N) is 2. The Bertz CT molecular complexity index is 555. The van der Waals surface area contributed by atoms with Crippen molar-refractivity contribution < 1.29 is 14.3 Å². The van der Waals surface area contributed by atoms with E-state index in [0.717, 1.165) is 11.7 Å². The average molecular weight is 278 g/mol. The summed E-state index contributed by atoms with van der Waals surface area (Å²) in [6, 6.07) is 5.12. The fourth-order valence-corrected chi connectivity index (χ4v) is 2.02. The number of ether oxygens (including phenoxy) is 2. The Morgan fingerprint density at radius 3 is 2.58 bits per heavy atom. The van der Waals surface area contributed by atoms with Gasteiger partial charge >= 0.3 is 0 Å². The maximum absolute atomic E-state index is 12.1. The Balaban J connectivity index is 2.32. The summed E-state index contributed by atoms with van der Waals surface area (Å²) in [5.74, 6) is 1.04. The van der Waals surface area contributed by atoms with E-state index in [4.69, 9.17) is 9.47 Å². The molecule has 0 saturated carbocycles. The summed E-state index contributed by atoms with van der Waals surface area (Å²) in [6.45, 7) is 4.84. The second-order valence-corrected chi connectivity index (χ2v) is 4.21. The quantitative estimate of drug-likeness (QED) is 0.760. The third kappa shape index (κ3) is 3.08. The highest BCUT2D eigenvalue weighted by molar-refractivity contribution is 6.99. The van der Waals surface area contributed by atoms with Crippen LogP contribution in [0.25, 0.3) is 0 Å². The molecule has 0 spiro atoms. The minimum atomic E-state index is -0.169. The van der Waals surface area contributed by atoms with E-state index in [2.05, 4.69) is 8.75 Å². The Morgan fingerprint density at radius 1 is 1.21 bits per heavy atom. The van der Waals surface area contributed by atoms with E-state index in [1.807, 2.05) is 13.8 Å². The van der Waals surface area contributed by atoms with Gasteiger partial charge in [0.05, 0.1) is 31.1 Å². The first-order valence-corrected chi connectivity index (χ1v) is 6.71.